The average Bonchev–Trinajstić information content (AvgIpc) is 1.55. The third kappa shape index (κ3) is 24.8. The summed E-state index contributed by atoms with van der Waals surface area (Å²) in [7, 11) is -8.70. The number of rotatable bonds is 20. The number of hydrogen-bond acceptors (Lipinski definition) is 9. The first kappa shape index (κ1) is 83.3. The van der Waals surface area contributed by atoms with E-state index in [0.29, 0.717) is 39.7 Å². The van der Waals surface area contributed by atoms with Gasteiger partial charge in [-0.1, -0.05) is 243 Å². The molecule has 0 aromatic heterocycles. The van der Waals surface area contributed by atoms with Gasteiger partial charge in [-0.2, -0.15) is 0 Å². The molecule has 11 rings (SSSR count). The van der Waals surface area contributed by atoms with Gasteiger partial charge < -0.3 is 13.8 Å². The number of hydrogen-bond donors (Lipinski definition) is 0. The van der Waals surface area contributed by atoms with E-state index in [1.54, 1.807) is 12.1 Å². The summed E-state index contributed by atoms with van der Waals surface area (Å²) < 4.78 is 79.9. The predicted octanol–water partition coefficient (Wildman–Crippen LogP) is 11.5. The van der Waals surface area contributed by atoms with Crippen molar-refractivity contribution in [3.8, 4) is 0 Å². The number of Topliss-reactive ketones (excluding diaryl/α,β-unsaturated/α-hetero) is 1. The minimum atomic E-state index is -4.45. The second kappa shape index (κ2) is 38.8. The third-order valence-corrected chi connectivity index (χ3v) is 29.2. The van der Waals surface area contributed by atoms with Crippen LogP contribution in [0.3, 0.4) is 0 Å². The molecule has 100 heavy (non-hydrogen) atoms. The Bertz CT molecular complexity index is 4000. The van der Waals surface area contributed by atoms with E-state index in [2.05, 4.69) is 246 Å². The van der Waals surface area contributed by atoms with Crippen LogP contribution in [0.4, 0.5) is 0 Å². The maximum absolute atomic E-state index is 11.8. The summed E-state index contributed by atoms with van der Waals surface area (Å²) in [6.45, 7) is 32.3. The summed E-state index contributed by atoms with van der Waals surface area (Å²) in [6.07, 6.45) is 6.71. The second-order valence-corrected chi connectivity index (χ2v) is 40.2. The Morgan fingerprint density at radius 1 is 0.520 bits per heavy atom. The lowest BCUT2D eigenvalue weighted by Gasteiger charge is -2.35. The maximum atomic E-state index is 11.8. The molecular weight excluding hydrogens is 1620 g/mol. The molecule has 9 nitrogen and oxygen atoms in total. The molecule has 9 aromatic rings. The Balaban J connectivity index is 0.000000192. The highest BCUT2D eigenvalue weighted by Gasteiger charge is 2.62. The third-order valence-electron chi connectivity index (χ3n) is 19.4. The van der Waals surface area contributed by atoms with Crippen molar-refractivity contribution < 1.29 is 104 Å². The van der Waals surface area contributed by atoms with Crippen molar-refractivity contribution >= 4 is 42.8 Å². The summed E-state index contributed by atoms with van der Waals surface area (Å²) in [5.74, 6) is 0.497. The molecule has 2 fully saturated rings. The molecule has 0 heterocycles. The lowest BCUT2D eigenvalue weighted by atomic mass is 9.67. The highest BCUT2D eigenvalue weighted by Crippen LogP contribution is 2.65. The molecule has 2 aliphatic rings. The smallest absolute Gasteiger partial charge is 0.357 e. The van der Waals surface area contributed by atoms with E-state index < -0.39 is 32.0 Å². The van der Waals surface area contributed by atoms with E-state index in [9.17, 15) is 35.5 Å². The van der Waals surface area contributed by atoms with Crippen molar-refractivity contribution in [1.82, 2.24) is 0 Å². The molecular formula is C86H104I3O9S2+. The van der Waals surface area contributed by atoms with Gasteiger partial charge in [0.2, 0.25) is 0 Å². The molecule has 2 atom stereocenters. The summed E-state index contributed by atoms with van der Waals surface area (Å²) in [4.78, 5) is 23.6. The van der Waals surface area contributed by atoms with Gasteiger partial charge in [-0.15, -0.1) is 0 Å². The minimum absolute atomic E-state index is 0.00511. The van der Waals surface area contributed by atoms with Crippen molar-refractivity contribution in [2.24, 2.45) is 16.7 Å². The highest BCUT2D eigenvalue weighted by atomic mass is 127. The Labute approximate surface area is 631 Å². The van der Waals surface area contributed by atoms with E-state index in [-0.39, 0.29) is 110 Å². The zero-order valence-corrected chi connectivity index (χ0v) is 69.3. The van der Waals surface area contributed by atoms with Crippen molar-refractivity contribution in [2.75, 3.05) is 12.4 Å². The molecule has 2 aliphatic carbocycles. The molecule has 534 valence electrons. The van der Waals surface area contributed by atoms with Gasteiger partial charge in [-0.05, 0) is 202 Å². The van der Waals surface area contributed by atoms with Gasteiger partial charge in [-0.25, -0.2) is 21.6 Å². The number of carbonyl (C=O) groups is 2. The number of esters is 1. The van der Waals surface area contributed by atoms with Crippen molar-refractivity contribution in [3.63, 3.8) is 0 Å². The van der Waals surface area contributed by atoms with E-state index >= 15 is 0 Å². The molecule has 2 bridgehead atoms. The van der Waals surface area contributed by atoms with E-state index in [1.165, 1.54) is 51.8 Å². The average molecular weight is 1730 g/mol. The SMILES string of the molecule is CC(C)c1cc(C(C)C)c(S(=O)(=O)[O-])c(C(C)C)c1.CCC(C)(C)c1ccc([I+]c2ccc(C(C)(C)CC)cc2)cc1.CCC12CCC(CC1=O)C2(C)C.O=C(OCCCS(=O)(=O)[O-])c1ccc2ccccc2c1.c1ccc([I+]c2ccccc2)cc1.c1ccc([I+]c2ccccc2)cc1. The van der Waals surface area contributed by atoms with Gasteiger partial charge in [0, 0.05) is 17.6 Å². The normalized spacial score (nSPS) is 15.4. The number of halogens is 3. The van der Waals surface area contributed by atoms with Crippen molar-refractivity contribution in [1.29, 1.82) is 0 Å². The Hall–Kier alpha value is -5.61. The second-order valence-electron chi connectivity index (χ2n) is 28.2. The number of ether oxygens (including phenoxy) is 1. The van der Waals surface area contributed by atoms with E-state index in [1.807, 2.05) is 70.2 Å². The topological polar surface area (TPSA) is 158 Å². The van der Waals surface area contributed by atoms with Crippen LogP contribution in [0.25, 0.3) is 10.8 Å². The van der Waals surface area contributed by atoms with Crippen LogP contribution in [0, 0.1) is 38.2 Å². The zero-order chi connectivity index (χ0) is 73.5. The number of benzene rings is 9. The highest BCUT2D eigenvalue weighted by molar-refractivity contribution is 7.86. The summed E-state index contributed by atoms with van der Waals surface area (Å²) in [5, 5.41) is 1.94. The predicted molar refractivity (Wildman–Crippen MR) is 396 cm³/mol. The molecule has 0 aliphatic heterocycles. The fraction of sp³-hybridized carbons (Fsp3) is 0.372. The van der Waals surface area contributed by atoms with Gasteiger partial charge >= 0.3 is 69.6 Å². The van der Waals surface area contributed by atoms with Crippen LogP contribution in [-0.4, -0.2) is 50.1 Å². The first-order valence-corrected chi connectivity index (χ1v) is 44.3. The van der Waals surface area contributed by atoms with Crippen LogP contribution in [0.5, 0.6) is 0 Å². The van der Waals surface area contributed by atoms with Gasteiger partial charge in [-0.3, -0.25) is 4.79 Å². The molecule has 14 heteroatoms. The Morgan fingerprint density at radius 2 is 0.900 bits per heavy atom. The number of fused-ring (bicyclic) bond motifs is 3. The van der Waals surface area contributed by atoms with Gasteiger partial charge in [0.25, 0.3) is 0 Å². The lowest BCUT2D eigenvalue weighted by Crippen LogP contribution is -3.61. The molecule has 0 spiro atoms. The summed E-state index contributed by atoms with van der Waals surface area (Å²) in [5.41, 5.74) is 6.59. The Kier molecular flexibility index (Phi) is 32.3. The molecule has 0 amide bonds. The minimum Gasteiger partial charge on any atom is -0.748 e. The van der Waals surface area contributed by atoms with E-state index in [4.69, 9.17) is 4.74 Å². The van der Waals surface area contributed by atoms with E-state index in [0.717, 1.165) is 35.6 Å². The number of ketones is 1. The molecule has 0 radical (unpaired) electrons. The molecule has 0 N–H and O–H groups in total. The molecule has 2 saturated carbocycles. The number of carbonyl (C=O) groups excluding carboxylic acids is 2. The maximum Gasteiger partial charge on any atom is 0.357 e. The Morgan fingerprint density at radius 3 is 1.21 bits per heavy atom. The van der Waals surface area contributed by atoms with Crippen LogP contribution in [0.2, 0.25) is 0 Å². The van der Waals surface area contributed by atoms with Crippen molar-refractivity contribution in [3.05, 3.63) is 279 Å². The van der Waals surface area contributed by atoms with Crippen LogP contribution in [0.1, 0.15) is 205 Å². The quantitative estimate of drug-likeness (QED) is 0.0313. The van der Waals surface area contributed by atoms with Crippen molar-refractivity contribution in [2.45, 2.75) is 182 Å². The van der Waals surface area contributed by atoms with Crippen LogP contribution in [0.15, 0.2) is 229 Å². The summed E-state index contributed by atoms with van der Waals surface area (Å²) in [6, 6.07) is 78.0. The molecule has 9 aromatic carbocycles. The lowest BCUT2D eigenvalue weighted by molar-refractivity contribution is -0.597. The fourth-order valence-electron chi connectivity index (χ4n) is 12.2. The van der Waals surface area contributed by atoms with Crippen LogP contribution < -0.4 is 63.6 Å². The van der Waals surface area contributed by atoms with Gasteiger partial charge in [0.05, 0.1) is 27.2 Å². The first-order valence-electron chi connectivity index (χ1n) is 34.9. The molecule has 0 saturated heterocycles. The fourth-order valence-corrected chi connectivity index (χ4v) is 20.5. The van der Waals surface area contributed by atoms with Gasteiger partial charge in [0.15, 0.2) is 21.4 Å². The summed E-state index contributed by atoms with van der Waals surface area (Å²) >= 11 is -0.0219. The zero-order valence-electron chi connectivity index (χ0n) is 61.2. The molecule has 2 unspecified atom stereocenters. The largest absolute Gasteiger partial charge is 0.748 e. The monoisotopic (exact) mass is 1730 g/mol. The van der Waals surface area contributed by atoms with Crippen LogP contribution in [-0.2, 0) is 40.6 Å². The standard InChI is InChI=1S/C22H30I.C15H24O3S.C14H14O5S.2C12H10I.C11H18O/c1-7-21(3,4)17-9-13-19(14-10-17)23-20-15-11-18(12-16-20)22(5,6)8-2;1-9(2)12-7-13(10(3)4)15(19(16,17)18)14(8-12)11(5)6;15-14(19-8-3-9-20(16,17)18)13-7-6-11-4-1-2-5-12(11)10-13;2*1-3-7-11(8-4-1)13-12-9-5-2-6-10-12;1-4-11-6-5-8(7-9(11)12)10(11,2)3/h9-16H,7-8H2,1-6H3;7-11H,1-6H3,(H,16,17,18);1-2,4-7,10H,3,8-9H2,(H,16,17,18);2*1-10H;8H,4-7H2,1-3H3/q+1;;;2*+1;/p-2. The first-order chi connectivity index (χ1) is 47.2. The van der Waals surface area contributed by atoms with Gasteiger partial charge in [0.1, 0.15) is 15.9 Å². The van der Waals surface area contributed by atoms with Crippen LogP contribution >= 0.6 is 0 Å².